The molecule has 0 saturated carbocycles. The zero-order valence-corrected chi connectivity index (χ0v) is 17.5. The van der Waals surface area contributed by atoms with Crippen LogP contribution in [0.4, 0.5) is 5.82 Å². The summed E-state index contributed by atoms with van der Waals surface area (Å²) in [6.07, 6.45) is 2.68. The third kappa shape index (κ3) is 4.75. The predicted octanol–water partition coefficient (Wildman–Crippen LogP) is 3.16. The maximum Gasteiger partial charge on any atom is 0.180 e. The van der Waals surface area contributed by atoms with Crippen LogP contribution < -0.4 is 10.1 Å². The number of hydrogen-bond donors (Lipinski definition) is 1. The van der Waals surface area contributed by atoms with Gasteiger partial charge in [-0.05, 0) is 36.2 Å². The number of methoxy groups -OCH3 is 2. The highest BCUT2D eigenvalue weighted by Crippen LogP contribution is 2.27. The Labute approximate surface area is 177 Å². The van der Waals surface area contributed by atoms with Crippen molar-refractivity contribution in [3.63, 3.8) is 0 Å². The summed E-state index contributed by atoms with van der Waals surface area (Å²) < 4.78 is 10.4. The molecule has 7 heteroatoms. The molecule has 0 atom stereocenters. The van der Waals surface area contributed by atoms with Crippen LogP contribution in [0.5, 0.6) is 5.75 Å². The second-order valence-electron chi connectivity index (χ2n) is 7.26. The second-order valence-corrected chi connectivity index (χ2v) is 7.26. The van der Waals surface area contributed by atoms with Crippen LogP contribution in [0.1, 0.15) is 16.8 Å². The molecular weight excluding hydrogens is 378 g/mol. The number of aromatic nitrogens is 3. The van der Waals surface area contributed by atoms with E-state index < -0.39 is 0 Å². The Bertz CT molecular complexity index is 963. The molecule has 3 aromatic rings. The van der Waals surface area contributed by atoms with Crippen LogP contribution in [-0.2, 0) is 24.2 Å². The van der Waals surface area contributed by atoms with Gasteiger partial charge in [-0.3, -0.25) is 9.88 Å². The van der Waals surface area contributed by atoms with Crippen LogP contribution in [0.15, 0.2) is 48.7 Å². The first-order valence-corrected chi connectivity index (χ1v) is 10.2. The van der Waals surface area contributed by atoms with Crippen molar-refractivity contribution in [3.8, 4) is 17.3 Å². The summed E-state index contributed by atoms with van der Waals surface area (Å²) in [5.74, 6) is 2.42. The summed E-state index contributed by atoms with van der Waals surface area (Å²) in [6.45, 7) is 3.95. The maximum atomic E-state index is 5.26. The van der Waals surface area contributed by atoms with Crippen LogP contribution in [0.3, 0.4) is 0 Å². The zero-order valence-electron chi connectivity index (χ0n) is 17.5. The largest absolute Gasteiger partial charge is 0.497 e. The van der Waals surface area contributed by atoms with E-state index in [1.54, 1.807) is 20.4 Å². The summed E-state index contributed by atoms with van der Waals surface area (Å²) in [4.78, 5) is 16.5. The third-order valence-electron chi connectivity index (χ3n) is 5.20. The molecule has 0 amide bonds. The van der Waals surface area contributed by atoms with Gasteiger partial charge in [0, 0.05) is 45.0 Å². The van der Waals surface area contributed by atoms with E-state index in [0.29, 0.717) is 19.0 Å². The number of fused-ring (bicyclic) bond motifs is 1. The van der Waals surface area contributed by atoms with Gasteiger partial charge in [0.25, 0.3) is 0 Å². The van der Waals surface area contributed by atoms with Gasteiger partial charge < -0.3 is 14.8 Å². The number of benzene rings is 1. The molecule has 0 bridgehead atoms. The number of anilines is 1. The van der Waals surface area contributed by atoms with Crippen molar-refractivity contribution in [2.24, 2.45) is 0 Å². The van der Waals surface area contributed by atoms with Crippen molar-refractivity contribution in [1.29, 1.82) is 0 Å². The molecule has 0 aliphatic carbocycles. The number of nitrogens with zero attached hydrogens (tertiary/aromatic N) is 4. The van der Waals surface area contributed by atoms with Crippen LogP contribution in [0.2, 0.25) is 0 Å². The lowest BCUT2D eigenvalue weighted by molar-refractivity contribution is 0.210. The highest BCUT2D eigenvalue weighted by atomic mass is 16.5. The molecule has 1 aliphatic heterocycles. The monoisotopic (exact) mass is 405 g/mol. The molecule has 0 saturated heterocycles. The van der Waals surface area contributed by atoms with E-state index in [-0.39, 0.29) is 0 Å². The Hall–Kier alpha value is -3.03. The van der Waals surface area contributed by atoms with Crippen molar-refractivity contribution >= 4 is 5.82 Å². The summed E-state index contributed by atoms with van der Waals surface area (Å²) >= 11 is 0. The van der Waals surface area contributed by atoms with E-state index in [9.17, 15) is 0 Å². The average Bonchev–Trinajstić information content (AvgIpc) is 2.80. The molecule has 3 heterocycles. The molecule has 0 fully saturated rings. The summed E-state index contributed by atoms with van der Waals surface area (Å²) in [5, 5.41) is 3.42. The van der Waals surface area contributed by atoms with Gasteiger partial charge in [-0.15, -0.1) is 0 Å². The number of nitrogens with one attached hydrogen (secondary N) is 1. The van der Waals surface area contributed by atoms with Gasteiger partial charge in [0.15, 0.2) is 5.82 Å². The molecule has 2 aromatic heterocycles. The first kappa shape index (κ1) is 20.3. The van der Waals surface area contributed by atoms with Crippen molar-refractivity contribution in [3.05, 3.63) is 65.5 Å². The lowest BCUT2D eigenvalue weighted by atomic mass is 10.0. The standard InChI is InChI=1S/C23H27N5O2/c1-29-14-12-25-22-19-10-13-28(15-17-6-8-18(30-2)9-7-17)16-21(19)26-23(27-22)20-5-3-4-11-24-20/h3-9,11H,10,12-16H2,1-2H3,(H,25,26,27). The van der Waals surface area contributed by atoms with Gasteiger partial charge in [-0.2, -0.15) is 0 Å². The normalized spacial score (nSPS) is 13.7. The quantitative estimate of drug-likeness (QED) is 0.577. The minimum Gasteiger partial charge on any atom is -0.497 e. The third-order valence-corrected chi connectivity index (χ3v) is 5.20. The van der Waals surface area contributed by atoms with Crippen LogP contribution in [0, 0.1) is 0 Å². The smallest absolute Gasteiger partial charge is 0.180 e. The molecule has 1 N–H and O–H groups in total. The van der Waals surface area contributed by atoms with Crippen LogP contribution in [0.25, 0.3) is 11.5 Å². The zero-order chi connectivity index (χ0) is 20.8. The summed E-state index contributed by atoms with van der Waals surface area (Å²) in [7, 11) is 3.39. The Morgan fingerprint density at radius 3 is 2.67 bits per heavy atom. The highest BCUT2D eigenvalue weighted by molar-refractivity contribution is 5.57. The topological polar surface area (TPSA) is 72.4 Å². The fraction of sp³-hybridized carbons (Fsp3) is 0.348. The highest BCUT2D eigenvalue weighted by Gasteiger charge is 2.23. The summed E-state index contributed by atoms with van der Waals surface area (Å²) in [6, 6.07) is 14.0. The first-order valence-electron chi connectivity index (χ1n) is 10.2. The molecule has 4 rings (SSSR count). The van der Waals surface area contributed by atoms with Gasteiger partial charge in [0.05, 0.1) is 19.4 Å². The van der Waals surface area contributed by atoms with Crippen molar-refractivity contribution in [2.75, 3.05) is 39.2 Å². The first-order chi connectivity index (χ1) is 14.8. The van der Waals surface area contributed by atoms with E-state index in [0.717, 1.165) is 49.0 Å². The second kappa shape index (κ2) is 9.65. The molecule has 0 unspecified atom stereocenters. The van der Waals surface area contributed by atoms with Gasteiger partial charge in [0.1, 0.15) is 17.3 Å². The Morgan fingerprint density at radius 2 is 1.93 bits per heavy atom. The molecule has 30 heavy (non-hydrogen) atoms. The van der Waals surface area contributed by atoms with E-state index in [1.165, 1.54) is 11.1 Å². The fourth-order valence-electron chi connectivity index (χ4n) is 3.64. The fourth-order valence-corrected chi connectivity index (χ4v) is 3.64. The van der Waals surface area contributed by atoms with E-state index in [4.69, 9.17) is 19.4 Å². The molecule has 1 aliphatic rings. The molecule has 7 nitrogen and oxygen atoms in total. The predicted molar refractivity (Wildman–Crippen MR) is 116 cm³/mol. The SMILES string of the molecule is COCCNc1nc(-c2ccccn2)nc2c1CCN(Cc1ccc(OC)cc1)C2. The van der Waals surface area contributed by atoms with Gasteiger partial charge >= 0.3 is 0 Å². The van der Waals surface area contributed by atoms with Crippen LogP contribution in [-0.4, -0.2) is 53.8 Å². The number of rotatable bonds is 8. The van der Waals surface area contributed by atoms with Gasteiger partial charge in [-0.1, -0.05) is 18.2 Å². The number of ether oxygens (including phenoxy) is 2. The van der Waals surface area contributed by atoms with Crippen molar-refractivity contribution in [1.82, 2.24) is 19.9 Å². The Balaban J connectivity index is 1.58. The molecule has 156 valence electrons. The maximum absolute atomic E-state index is 5.26. The number of pyridine rings is 1. The Kier molecular flexibility index (Phi) is 6.51. The Morgan fingerprint density at radius 1 is 1.07 bits per heavy atom. The minimum atomic E-state index is 0.626. The lowest BCUT2D eigenvalue weighted by Gasteiger charge is -2.29. The van der Waals surface area contributed by atoms with Crippen molar-refractivity contribution in [2.45, 2.75) is 19.5 Å². The number of hydrogen-bond acceptors (Lipinski definition) is 7. The van der Waals surface area contributed by atoms with Gasteiger partial charge in [0.2, 0.25) is 0 Å². The van der Waals surface area contributed by atoms with Gasteiger partial charge in [-0.25, -0.2) is 9.97 Å². The minimum absolute atomic E-state index is 0.626. The molecule has 0 spiro atoms. The molecule has 0 radical (unpaired) electrons. The lowest BCUT2D eigenvalue weighted by Crippen LogP contribution is -2.32. The van der Waals surface area contributed by atoms with E-state index >= 15 is 0 Å². The van der Waals surface area contributed by atoms with Crippen molar-refractivity contribution < 1.29 is 9.47 Å². The van der Waals surface area contributed by atoms with Crippen LogP contribution >= 0.6 is 0 Å². The summed E-state index contributed by atoms with van der Waals surface area (Å²) in [5.41, 5.74) is 4.29. The van der Waals surface area contributed by atoms with E-state index in [2.05, 4.69) is 27.3 Å². The average molecular weight is 406 g/mol. The van der Waals surface area contributed by atoms with E-state index in [1.807, 2.05) is 30.3 Å². The molecular formula is C23H27N5O2. The molecule has 1 aromatic carbocycles.